The van der Waals surface area contributed by atoms with Crippen LogP contribution in [0, 0.1) is 13.8 Å². The molecular formula is C21H33N3S. The molecule has 1 spiro atoms. The van der Waals surface area contributed by atoms with Gasteiger partial charge in [-0.25, -0.2) is 5.43 Å². The standard InChI is InChI=1S/C21H33N3S/c1-17-12-13-19(16-18(17)2)24-20(25)22-21(23-24)14-10-8-6-4-3-5-7-9-11-15-21/h12-13,16,23H,3-11,14-15H2,1-2H3,(H,22,25). The Morgan fingerprint density at radius 2 is 1.40 bits per heavy atom. The molecule has 2 aliphatic rings. The molecule has 1 aromatic rings. The van der Waals surface area contributed by atoms with Crippen LogP contribution < -0.4 is 15.8 Å². The van der Waals surface area contributed by atoms with Gasteiger partial charge in [-0.2, -0.15) is 0 Å². The Balaban J connectivity index is 1.72. The molecule has 1 heterocycles. The minimum atomic E-state index is -0.0604. The van der Waals surface area contributed by atoms with Gasteiger partial charge >= 0.3 is 0 Å². The van der Waals surface area contributed by atoms with Crippen molar-refractivity contribution in [2.24, 2.45) is 0 Å². The Hall–Kier alpha value is -1.13. The second-order valence-corrected chi connectivity index (χ2v) is 8.30. The third-order valence-corrected chi connectivity index (χ3v) is 6.12. The maximum Gasteiger partial charge on any atom is 0.189 e. The van der Waals surface area contributed by atoms with Crippen molar-refractivity contribution < 1.29 is 0 Å². The van der Waals surface area contributed by atoms with E-state index in [1.807, 2.05) is 0 Å². The summed E-state index contributed by atoms with van der Waals surface area (Å²) in [4.78, 5) is 0. The Morgan fingerprint density at radius 1 is 0.840 bits per heavy atom. The normalized spacial score (nSPS) is 22.3. The molecule has 0 bridgehead atoms. The van der Waals surface area contributed by atoms with Gasteiger partial charge in [0.1, 0.15) is 5.66 Å². The van der Waals surface area contributed by atoms with Crippen LogP contribution in [0.3, 0.4) is 0 Å². The van der Waals surface area contributed by atoms with Crippen molar-refractivity contribution >= 4 is 23.0 Å². The van der Waals surface area contributed by atoms with Gasteiger partial charge in [0.05, 0.1) is 5.69 Å². The number of anilines is 1. The van der Waals surface area contributed by atoms with Crippen LogP contribution in [0.2, 0.25) is 0 Å². The quantitative estimate of drug-likeness (QED) is 0.647. The summed E-state index contributed by atoms with van der Waals surface area (Å²) in [7, 11) is 0. The van der Waals surface area contributed by atoms with Crippen LogP contribution in [0.5, 0.6) is 0 Å². The largest absolute Gasteiger partial charge is 0.342 e. The van der Waals surface area contributed by atoms with E-state index in [4.69, 9.17) is 12.2 Å². The molecule has 3 rings (SSSR count). The van der Waals surface area contributed by atoms with Crippen molar-refractivity contribution in [2.45, 2.75) is 90.1 Å². The van der Waals surface area contributed by atoms with Crippen molar-refractivity contribution in [3.63, 3.8) is 0 Å². The lowest BCUT2D eigenvalue weighted by atomic mass is 9.93. The lowest BCUT2D eigenvalue weighted by Crippen LogP contribution is -2.51. The van der Waals surface area contributed by atoms with E-state index in [-0.39, 0.29) is 5.66 Å². The van der Waals surface area contributed by atoms with E-state index in [1.54, 1.807) is 0 Å². The summed E-state index contributed by atoms with van der Waals surface area (Å²) in [6, 6.07) is 6.57. The van der Waals surface area contributed by atoms with E-state index >= 15 is 0 Å². The highest BCUT2D eigenvalue weighted by molar-refractivity contribution is 7.80. The molecule has 3 nitrogen and oxygen atoms in total. The Bertz CT molecular complexity index is 587. The molecule has 2 N–H and O–H groups in total. The van der Waals surface area contributed by atoms with E-state index in [1.165, 1.54) is 68.9 Å². The molecule has 0 amide bonds. The van der Waals surface area contributed by atoms with Gasteiger partial charge in [-0.15, -0.1) is 0 Å². The molecule has 138 valence electrons. The SMILES string of the molecule is Cc1ccc(N2NC3(CCCCCCCCCCC3)NC2=S)cc1C. The van der Waals surface area contributed by atoms with E-state index in [2.05, 4.69) is 47.8 Å². The van der Waals surface area contributed by atoms with Gasteiger partial charge < -0.3 is 5.32 Å². The van der Waals surface area contributed by atoms with Crippen LogP contribution in [0.15, 0.2) is 18.2 Å². The molecule has 0 radical (unpaired) electrons. The van der Waals surface area contributed by atoms with Crippen LogP contribution in [0.1, 0.15) is 81.8 Å². The fourth-order valence-corrected chi connectivity index (χ4v) is 4.40. The van der Waals surface area contributed by atoms with Gasteiger partial charge in [-0.05, 0) is 75.0 Å². The maximum atomic E-state index is 5.69. The van der Waals surface area contributed by atoms with Gasteiger partial charge in [0, 0.05) is 0 Å². The van der Waals surface area contributed by atoms with Crippen molar-refractivity contribution in [3.05, 3.63) is 29.3 Å². The highest BCUT2D eigenvalue weighted by Gasteiger charge is 2.39. The summed E-state index contributed by atoms with van der Waals surface area (Å²) < 4.78 is 0. The van der Waals surface area contributed by atoms with Gasteiger partial charge in [0.2, 0.25) is 0 Å². The highest BCUT2D eigenvalue weighted by atomic mass is 32.1. The molecule has 1 aliphatic heterocycles. The molecule has 0 unspecified atom stereocenters. The van der Waals surface area contributed by atoms with Crippen molar-refractivity contribution in [1.82, 2.24) is 10.7 Å². The summed E-state index contributed by atoms with van der Waals surface area (Å²) in [6.07, 6.45) is 14.5. The number of hydrazine groups is 1. The number of hydrogen-bond acceptors (Lipinski definition) is 2. The fraction of sp³-hybridized carbons (Fsp3) is 0.667. The minimum absolute atomic E-state index is 0.0604. The average molecular weight is 360 g/mol. The van der Waals surface area contributed by atoms with Gasteiger partial charge in [-0.3, -0.25) is 5.01 Å². The van der Waals surface area contributed by atoms with E-state index in [0.29, 0.717) is 0 Å². The third kappa shape index (κ3) is 4.73. The molecule has 1 aliphatic carbocycles. The number of nitrogens with zero attached hydrogens (tertiary/aromatic N) is 1. The average Bonchev–Trinajstić information content (AvgIpc) is 2.91. The topological polar surface area (TPSA) is 27.3 Å². The highest BCUT2D eigenvalue weighted by Crippen LogP contribution is 2.29. The zero-order chi connectivity index (χ0) is 17.7. The zero-order valence-electron chi connectivity index (χ0n) is 15.9. The Kier molecular flexibility index (Phi) is 6.34. The van der Waals surface area contributed by atoms with E-state index in [0.717, 1.165) is 23.6 Å². The first-order chi connectivity index (χ1) is 12.1. The van der Waals surface area contributed by atoms with Crippen molar-refractivity contribution in [2.75, 3.05) is 5.01 Å². The first kappa shape index (κ1) is 18.7. The fourth-order valence-electron chi connectivity index (χ4n) is 4.05. The molecule has 1 aromatic carbocycles. The van der Waals surface area contributed by atoms with Crippen molar-refractivity contribution in [1.29, 1.82) is 0 Å². The summed E-state index contributed by atoms with van der Waals surface area (Å²) in [5.74, 6) is 0. The van der Waals surface area contributed by atoms with Crippen LogP contribution >= 0.6 is 12.2 Å². The Morgan fingerprint density at radius 3 is 1.96 bits per heavy atom. The first-order valence-corrected chi connectivity index (χ1v) is 10.5. The van der Waals surface area contributed by atoms with Crippen LogP contribution in [-0.4, -0.2) is 10.8 Å². The van der Waals surface area contributed by atoms with Crippen LogP contribution in [0.25, 0.3) is 0 Å². The molecule has 0 aromatic heterocycles. The van der Waals surface area contributed by atoms with Crippen molar-refractivity contribution in [3.8, 4) is 0 Å². The summed E-state index contributed by atoms with van der Waals surface area (Å²) in [6.45, 7) is 4.32. The number of rotatable bonds is 1. The lowest BCUT2D eigenvalue weighted by molar-refractivity contribution is 0.268. The van der Waals surface area contributed by atoms with E-state index < -0.39 is 0 Å². The molecule has 1 saturated heterocycles. The maximum absolute atomic E-state index is 5.69. The molecular weight excluding hydrogens is 326 g/mol. The number of benzene rings is 1. The minimum Gasteiger partial charge on any atom is -0.342 e. The molecule has 2 fully saturated rings. The second kappa shape index (κ2) is 8.50. The predicted molar refractivity (Wildman–Crippen MR) is 111 cm³/mol. The monoisotopic (exact) mass is 359 g/mol. The molecule has 1 saturated carbocycles. The van der Waals surface area contributed by atoms with Gasteiger partial charge in [0.15, 0.2) is 5.11 Å². The summed E-state index contributed by atoms with van der Waals surface area (Å²) in [5, 5.41) is 6.56. The summed E-state index contributed by atoms with van der Waals surface area (Å²) >= 11 is 5.69. The molecule has 4 heteroatoms. The number of aryl methyl sites for hydroxylation is 2. The van der Waals surface area contributed by atoms with E-state index in [9.17, 15) is 0 Å². The van der Waals surface area contributed by atoms with Gasteiger partial charge in [-0.1, -0.05) is 51.0 Å². The third-order valence-electron chi connectivity index (χ3n) is 5.83. The summed E-state index contributed by atoms with van der Waals surface area (Å²) in [5.41, 5.74) is 7.46. The van der Waals surface area contributed by atoms with Crippen LogP contribution in [-0.2, 0) is 0 Å². The molecule has 25 heavy (non-hydrogen) atoms. The first-order valence-electron chi connectivity index (χ1n) is 10.1. The van der Waals surface area contributed by atoms with Gasteiger partial charge in [0.25, 0.3) is 0 Å². The zero-order valence-corrected chi connectivity index (χ0v) is 16.7. The lowest BCUT2D eigenvalue weighted by Gasteiger charge is -2.30. The predicted octanol–water partition coefficient (Wildman–Crippen LogP) is 5.50. The molecule has 0 atom stereocenters. The second-order valence-electron chi connectivity index (χ2n) is 7.91. The Labute approximate surface area is 158 Å². The number of thiocarbonyl (C=S) groups is 1. The smallest absolute Gasteiger partial charge is 0.189 e. The number of nitrogens with one attached hydrogen (secondary N) is 2. The number of hydrogen-bond donors (Lipinski definition) is 2. The van der Waals surface area contributed by atoms with Crippen LogP contribution in [0.4, 0.5) is 5.69 Å².